The van der Waals surface area contributed by atoms with E-state index in [2.05, 4.69) is 156 Å². The molecule has 0 saturated carbocycles. The number of hydrogen-bond acceptors (Lipinski definition) is 3. The Kier molecular flexibility index (Phi) is 9.76. The molecule has 5 heteroatoms. The van der Waals surface area contributed by atoms with Gasteiger partial charge in [-0.05, 0) is 47.3 Å². The van der Waals surface area contributed by atoms with Crippen molar-refractivity contribution in [1.82, 2.24) is 14.5 Å². The van der Waals surface area contributed by atoms with Gasteiger partial charge in [0.25, 0.3) is 0 Å². The van der Waals surface area contributed by atoms with Crippen molar-refractivity contribution in [3.8, 4) is 50.6 Å². The summed E-state index contributed by atoms with van der Waals surface area (Å²) >= 11 is 1.67. The normalized spacial score (nSPS) is 12.0. The molecule has 261 valence electrons. The van der Waals surface area contributed by atoms with Crippen molar-refractivity contribution in [2.45, 2.75) is 26.6 Å². The predicted molar refractivity (Wildman–Crippen MR) is 219 cm³/mol. The van der Waals surface area contributed by atoms with Gasteiger partial charge in [-0.3, -0.25) is 16.3 Å². The van der Waals surface area contributed by atoms with E-state index in [1.807, 2.05) is 18.2 Å². The van der Waals surface area contributed by atoms with Crippen molar-refractivity contribution in [2.75, 3.05) is 0 Å². The molecule has 53 heavy (non-hydrogen) atoms. The number of fused-ring (bicyclic) bond motifs is 2. The first-order valence-electron chi connectivity index (χ1n) is 18.9. The van der Waals surface area contributed by atoms with Crippen molar-refractivity contribution in [3.63, 3.8) is 0 Å². The van der Waals surface area contributed by atoms with Crippen molar-refractivity contribution in [2.24, 2.45) is 0 Å². The summed E-state index contributed by atoms with van der Waals surface area (Å²) < 4.78 is 25.3. The van der Waals surface area contributed by atoms with Crippen LogP contribution in [0.2, 0.25) is 0 Å². The molecule has 0 aliphatic rings. The van der Waals surface area contributed by atoms with E-state index >= 15 is 0 Å². The SMILES string of the molecule is CC(C)c1ccc2s[c-]c(-c3nc4ccccc4n3-c3c(-c4ccccc4)cccc3-c3ccccc3)c2c1.[2H]C([2H])([2H])c1ccc(-c2[c-]cccc2)nc1.[Ir]. The van der Waals surface area contributed by atoms with Gasteiger partial charge in [0.2, 0.25) is 0 Å². The van der Waals surface area contributed by atoms with Crippen molar-refractivity contribution >= 4 is 32.5 Å². The first kappa shape index (κ1) is 32.2. The monoisotopic (exact) mass is 883 g/mol. The van der Waals surface area contributed by atoms with E-state index in [0.29, 0.717) is 5.92 Å². The number of aromatic nitrogens is 3. The molecule has 0 atom stereocenters. The minimum atomic E-state index is -2.09. The van der Waals surface area contributed by atoms with E-state index in [1.165, 1.54) is 44.1 Å². The Hall–Kier alpha value is -5.45. The molecule has 0 unspecified atom stereocenters. The molecular formula is C48H37IrN3S-2. The van der Waals surface area contributed by atoms with Crippen LogP contribution < -0.4 is 0 Å². The molecule has 0 amide bonds. The molecule has 0 bridgehead atoms. The summed E-state index contributed by atoms with van der Waals surface area (Å²) in [7, 11) is 0. The predicted octanol–water partition coefficient (Wildman–Crippen LogP) is 13.0. The van der Waals surface area contributed by atoms with Crippen molar-refractivity contribution in [3.05, 3.63) is 186 Å². The molecule has 0 saturated heterocycles. The molecular weight excluding hydrogens is 843 g/mol. The quantitative estimate of drug-likeness (QED) is 0.156. The second-order valence-corrected chi connectivity index (χ2v) is 13.7. The summed E-state index contributed by atoms with van der Waals surface area (Å²) in [4.78, 5) is 9.39. The second-order valence-electron chi connectivity index (χ2n) is 12.9. The summed E-state index contributed by atoms with van der Waals surface area (Å²) in [5.41, 5.74) is 12.1. The van der Waals surface area contributed by atoms with Gasteiger partial charge in [-0.25, -0.2) is 0 Å². The van der Waals surface area contributed by atoms with E-state index in [4.69, 9.17) is 9.10 Å². The third-order valence-electron chi connectivity index (χ3n) is 9.16. The number of pyridine rings is 1. The molecule has 0 N–H and O–H groups in total. The number of rotatable bonds is 6. The van der Waals surface area contributed by atoms with Crippen LogP contribution in [0, 0.1) is 18.3 Å². The number of thiophene rings is 1. The Labute approximate surface area is 333 Å². The number of aryl methyl sites for hydroxylation is 1. The van der Waals surface area contributed by atoms with Crippen LogP contribution in [-0.2, 0) is 20.1 Å². The smallest absolute Gasteiger partial charge is 0.0774 e. The van der Waals surface area contributed by atoms with Gasteiger partial charge in [0.05, 0.1) is 22.5 Å². The Morgan fingerprint density at radius 1 is 0.717 bits per heavy atom. The standard InChI is InChI=1S/C36H27N2S.C12H10N.Ir/c1-24(2)27-20-21-34-30(22-27)31(23-39-34)36-37-32-18-9-10-19-33(32)38(36)35-28(25-12-5-3-6-13-25)16-11-17-29(35)26-14-7-4-8-15-26;1-10-7-8-12(13-9-10)11-5-3-2-4-6-11;/h3-22,24H,1-2H3;2-5,7-9H,1H3;/q2*-1;/i;1D3;. The van der Waals surface area contributed by atoms with E-state index in [1.54, 1.807) is 29.5 Å². The minimum absolute atomic E-state index is 0. The first-order valence-corrected chi connectivity index (χ1v) is 18.2. The van der Waals surface area contributed by atoms with Crippen molar-refractivity contribution in [1.29, 1.82) is 0 Å². The summed E-state index contributed by atoms with van der Waals surface area (Å²) in [6.07, 6.45) is 1.39. The zero-order chi connectivity index (χ0) is 37.9. The molecule has 0 fully saturated rings. The van der Waals surface area contributed by atoms with Crippen LogP contribution in [0.5, 0.6) is 0 Å². The Morgan fingerprint density at radius 3 is 2.06 bits per heavy atom. The molecule has 0 aliphatic carbocycles. The van der Waals surface area contributed by atoms with Crippen LogP contribution in [0.25, 0.3) is 71.7 Å². The molecule has 1 radical (unpaired) electrons. The maximum absolute atomic E-state index is 7.23. The van der Waals surface area contributed by atoms with Gasteiger partial charge in [-0.15, -0.1) is 47.3 Å². The molecule has 0 spiro atoms. The van der Waals surface area contributed by atoms with E-state index in [9.17, 15) is 0 Å². The van der Waals surface area contributed by atoms with E-state index < -0.39 is 6.85 Å². The van der Waals surface area contributed by atoms with Crippen LogP contribution >= 0.6 is 11.3 Å². The number of nitrogens with zero attached hydrogens (tertiary/aromatic N) is 3. The Balaban J connectivity index is 0.000000238. The van der Waals surface area contributed by atoms with Crippen LogP contribution in [0.3, 0.4) is 0 Å². The van der Waals surface area contributed by atoms with E-state index in [-0.39, 0.29) is 25.7 Å². The summed E-state index contributed by atoms with van der Waals surface area (Å²) in [6.45, 7) is 2.40. The molecule has 3 heterocycles. The average molecular weight is 883 g/mol. The fraction of sp³-hybridized carbons (Fsp3) is 0.0833. The van der Waals surface area contributed by atoms with Crippen LogP contribution in [0.1, 0.15) is 35.0 Å². The zero-order valence-electron chi connectivity index (χ0n) is 32.2. The van der Waals surface area contributed by atoms with Crippen LogP contribution in [0.15, 0.2) is 164 Å². The van der Waals surface area contributed by atoms with Gasteiger partial charge in [0, 0.05) is 41.5 Å². The summed E-state index contributed by atoms with van der Waals surface area (Å²) in [5.74, 6) is 1.37. The Morgan fingerprint density at radius 2 is 1.42 bits per heavy atom. The van der Waals surface area contributed by atoms with Gasteiger partial charge >= 0.3 is 0 Å². The van der Waals surface area contributed by atoms with Gasteiger partial charge in [-0.1, -0.05) is 150 Å². The number of imidazole rings is 1. The number of hydrogen-bond donors (Lipinski definition) is 0. The fourth-order valence-corrected chi connectivity index (χ4v) is 7.35. The molecule has 0 aliphatic heterocycles. The van der Waals surface area contributed by atoms with Crippen LogP contribution in [-0.4, -0.2) is 14.5 Å². The fourth-order valence-electron chi connectivity index (χ4n) is 6.53. The van der Waals surface area contributed by atoms with Crippen molar-refractivity contribution < 1.29 is 24.2 Å². The molecule has 9 rings (SSSR count). The maximum Gasteiger partial charge on any atom is 0.0774 e. The summed E-state index contributed by atoms with van der Waals surface area (Å²) in [6, 6.07) is 57.0. The maximum atomic E-state index is 7.23. The third kappa shape index (κ3) is 7.42. The molecule has 3 nitrogen and oxygen atoms in total. The van der Waals surface area contributed by atoms with Gasteiger partial charge in [-0.2, -0.15) is 0 Å². The minimum Gasteiger partial charge on any atom is -0.332 e. The van der Waals surface area contributed by atoms with Gasteiger partial charge < -0.3 is 9.55 Å². The second kappa shape index (κ2) is 16.1. The Bertz CT molecular complexity index is 2650. The third-order valence-corrected chi connectivity index (χ3v) is 10.0. The average Bonchev–Trinajstić information content (AvgIpc) is 3.83. The van der Waals surface area contributed by atoms with E-state index in [0.717, 1.165) is 39.4 Å². The largest absolute Gasteiger partial charge is 0.332 e. The van der Waals surface area contributed by atoms with Crippen LogP contribution in [0.4, 0.5) is 0 Å². The topological polar surface area (TPSA) is 30.7 Å². The zero-order valence-corrected chi connectivity index (χ0v) is 32.5. The van der Waals surface area contributed by atoms with Gasteiger partial charge in [0.15, 0.2) is 0 Å². The summed E-state index contributed by atoms with van der Waals surface area (Å²) in [5, 5.41) is 4.85. The molecule has 3 aromatic heterocycles. The van der Waals surface area contributed by atoms with Gasteiger partial charge in [0.1, 0.15) is 0 Å². The number of para-hydroxylation sites is 3. The molecule has 6 aromatic carbocycles. The molecule has 9 aromatic rings. The number of benzene rings is 6. The first-order chi connectivity index (χ1) is 26.8.